The number of nitrogens with zero attached hydrogens (tertiary/aromatic N) is 2. The number of nitrogens with one attached hydrogen (secondary N) is 1. The summed E-state index contributed by atoms with van der Waals surface area (Å²) in [4.78, 5) is 42.2. The van der Waals surface area contributed by atoms with Crippen molar-refractivity contribution in [2.24, 2.45) is 0 Å². The zero-order chi connectivity index (χ0) is 18.7. The first-order chi connectivity index (χ1) is 12.4. The standard InChI is InChI=1S/C19H17N3O3S/c1-12-6-7-13(2)15(9-12)21-17(23)11-22-18(24)16(26-19(22)25)10-14-5-3-4-8-20-14/h3-10H,11H2,1-2H3,(H,21,23)/b16-10-. The minimum atomic E-state index is -0.484. The molecule has 1 N–H and O–H groups in total. The average molecular weight is 367 g/mol. The van der Waals surface area contributed by atoms with Gasteiger partial charge in [0.1, 0.15) is 6.54 Å². The molecule has 1 fully saturated rings. The summed E-state index contributed by atoms with van der Waals surface area (Å²) in [6, 6.07) is 11.0. The number of carbonyl (C=O) groups excluding carboxylic acids is 3. The van der Waals surface area contributed by atoms with E-state index in [1.54, 1.807) is 30.5 Å². The van der Waals surface area contributed by atoms with Crippen LogP contribution in [0.3, 0.4) is 0 Å². The number of aromatic nitrogens is 1. The van der Waals surface area contributed by atoms with Gasteiger partial charge in [0.15, 0.2) is 0 Å². The van der Waals surface area contributed by atoms with E-state index in [4.69, 9.17) is 0 Å². The summed E-state index contributed by atoms with van der Waals surface area (Å²) in [7, 11) is 0. The predicted molar refractivity (Wildman–Crippen MR) is 101 cm³/mol. The van der Waals surface area contributed by atoms with Crippen molar-refractivity contribution in [3.05, 3.63) is 64.3 Å². The van der Waals surface area contributed by atoms with Gasteiger partial charge in [0, 0.05) is 11.9 Å². The summed E-state index contributed by atoms with van der Waals surface area (Å²) in [6.07, 6.45) is 3.15. The van der Waals surface area contributed by atoms with Gasteiger partial charge < -0.3 is 5.32 Å². The maximum absolute atomic E-state index is 12.4. The topological polar surface area (TPSA) is 79.4 Å². The van der Waals surface area contributed by atoms with Crippen LogP contribution in [0.1, 0.15) is 16.8 Å². The molecule has 0 radical (unpaired) electrons. The van der Waals surface area contributed by atoms with Crippen LogP contribution in [0.4, 0.5) is 10.5 Å². The number of anilines is 1. The second-order valence-electron chi connectivity index (χ2n) is 5.89. The molecule has 3 amide bonds. The number of amides is 3. The third kappa shape index (κ3) is 4.00. The van der Waals surface area contributed by atoms with E-state index in [1.165, 1.54) is 0 Å². The molecule has 0 unspecified atom stereocenters. The van der Waals surface area contributed by atoms with Crippen LogP contribution in [0, 0.1) is 13.8 Å². The first-order valence-corrected chi connectivity index (χ1v) is 8.79. The minimum Gasteiger partial charge on any atom is -0.324 e. The highest BCUT2D eigenvalue weighted by Crippen LogP contribution is 2.31. The van der Waals surface area contributed by atoms with Crippen molar-refractivity contribution >= 4 is 40.6 Å². The number of benzene rings is 1. The van der Waals surface area contributed by atoms with Crippen molar-refractivity contribution in [3.63, 3.8) is 0 Å². The van der Waals surface area contributed by atoms with Crippen LogP contribution in [0.5, 0.6) is 0 Å². The minimum absolute atomic E-state index is 0.258. The van der Waals surface area contributed by atoms with E-state index in [0.717, 1.165) is 27.8 Å². The lowest BCUT2D eigenvalue weighted by Gasteiger charge is -2.14. The third-order valence-corrected chi connectivity index (χ3v) is 4.72. The summed E-state index contributed by atoms with van der Waals surface area (Å²) in [6.45, 7) is 3.48. The van der Waals surface area contributed by atoms with Crippen molar-refractivity contribution in [1.29, 1.82) is 0 Å². The van der Waals surface area contributed by atoms with Gasteiger partial charge in [-0.05, 0) is 61.0 Å². The predicted octanol–water partition coefficient (Wildman–Crippen LogP) is 3.37. The fraction of sp³-hybridized carbons (Fsp3) is 0.158. The van der Waals surface area contributed by atoms with Gasteiger partial charge in [-0.15, -0.1) is 0 Å². The van der Waals surface area contributed by atoms with Crippen molar-refractivity contribution in [3.8, 4) is 0 Å². The number of hydrogen-bond donors (Lipinski definition) is 1. The highest BCUT2D eigenvalue weighted by Gasteiger charge is 2.36. The lowest BCUT2D eigenvalue weighted by Crippen LogP contribution is -2.36. The number of rotatable bonds is 4. The number of imide groups is 1. The van der Waals surface area contributed by atoms with E-state index < -0.39 is 17.1 Å². The Morgan fingerprint density at radius 2 is 2.04 bits per heavy atom. The van der Waals surface area contributed by atoms with E-state index in [2.05, 4.69) is 10.3 Å². The monoisotopic (exact) mass is 367 g/mol. The van der Waals surface area contributed by atoms with Crippen molar-refractivity contribution in [1.82, 2.24) is 9.88 Å². The van der Waals surface area contributed by atoms with Crippen LogP contribution in [-0.2, 0) is 9.59 Å². The molecule has 0 saturated carbocycles. The third-order valence-electron chi connectivity index (χ3n) is 3.81. The van der Waals surface area contributed by atoms with Crippen LogP contribution < -0.4 is 5.32 Å². The zero-order valence-electron chi connectivity index (χ0n) is 14.4. The van der Waals surface area contributed by atoms with Gasteiger partial charge in [0.2, 0.25) is 5.91 Å². The Balaban J connectivity index is 1.70. The average Bonchev–Trinajstić information content (AvgIpc) is 2.86. The zero-order valence-corrected chi connectivity index (χ0v) is 15.2. The Morgan fingerprint density at radius 1 is 1.23 bits per heavy atom. The van der Waals surface area contributed by atoms with Gasteiger partial charge in [-0.3, -0.25) is 24.3 Å². The Kier molecular flexibility index (Phi) is 5.18. The van der Waals surface area contributed by atoms with Gasteiger partial charge in [-0.2, -0.15) is 0 Å². The highest BCUT2D eigenvalue weighted by atomic mass is 32.2. The van der Waals surface area contributed by atoms with E-state index in [-0.39, 0.29) is 11.4 Å². The number of pyridine rings is 1. The van der Waals surface area contributed by atoms with Gasteiger partial charge in [0.05, 0.1) is 10.6 Å². The molecule has 1 aliphatic rings. The Labute approximate surface area is 155 Å². The van der Waals surface area contributed by atoms with Crippen LogP contribution in [-0.4, -0.2) is 33.5 Å². The molecule has 0 spiro atoms. The molecule has 0 aliphatic carbocycles. The normalized spacial score (nSPS) is 15.6. The molecule has 1 aromatic heterocycles. The summed E-state index contributed by atoms with van der Waals surface area (Å²) in [5, 5.41) is 2.29. The van der Waals surface area contributed by atoms with E-state index >= 15 is 0 Å². The Hall–Kier alpha value is -2.93. The molecule has 1 aliphatic heterocycles. The molecule has 7 heteroatoms. The van der Waals surface area contributed by atoms with Crippen LogP contribution >= 0.6 is 11.8 Å². The Morgan fingerprint density at radius 3 is 2.77 bits per heavy atom. The number of carbonyl (C=O) groups is 3. The van der Waals surface area contributed by atoms with Gasteiger partial charge in [0.25, 0.3) is 11.1 Å². The molecule has 2 aromatic rings. The molecule has 0 atom stereocenters. The molecule has 2 heterocycles. The van der Waals surface area contributed by atoms with Crippen LogP contribution in [0.25, 0.3) is 6.08 Å². The lowest BCUT2D eigenvalue weighted by atomic mass is 10.1. The highest BCUT2D eigenvalue weighted by molar-refractivity contribution is 8.18. The van der Waals surface area contributed by atoms with Crippen LogP contribution in [0.15, 0.2) is 47.5 Å². The molecule has 3 rings (SSSR count). The summed E-state index contributed by atoms with van der Waals surface area (Å²) in [5.41, 5.74) is 3.17. The molecule has 26 heavy (non-hydrogen) atoms. The first kappa shape index (κ1) is 17.9. The second kappa shape index (κ2) is 7.53. The number of hydrogen-bond acceptors (Lipinski definition) is 5. The fourth-order valence-electron chi connectivity index (χ4n) is 2.44. The molecule has 1 saturated heterocycles. The first-order valence-electron chi connectivity index (χ1n) is 7.97. The maximum Gasteiger partial charge on any atom is 0.294 e. The number of thioether (sulfide) groups is 1. The van der Waals surface area contributed by atoms with Gasteiger partial charge in [-0.25, -0.2) is 0 Å². The summed E-state index contributed by atoms with van der Waals surface area (Å²) < 4.78 is 0. The van der Waals surface area contributed by atoms with E-state index in [1.807, 2.05) is 32.0 Å². The van der Waals surface area contributed by atoms with Crippen LogP contribution in [0.2, 0.25) is 0 Å². The maximum atomic E-state index is 12.4. The summed E-state index contributed by atoms with van der Waals surface area (Å²) in [5.74, 6) is -0.901. The van der Waals surface area contributed by atoms with Crippen molar-refractivity contribution < 1.29 is 14.4 Å². The quantitative estimate of drug-likeness (QED) is 0.838. The molecule has 0 bridgehead atoms. The van der Waals surface area contributed by atoms with Gasteiger partial charge in [-0.1, -0.05) is 18.2 Å². The lowest BCUT2D eigenvalue weighted by molar-refractivity contribution is -0.127. The van der Waals surface area contributed by atoms with E-state index in [0.29, 0.717) is 11.4 Å². The molecule has 6 nitrogen and oxygen atoms in total. The van der Waals surface area contributed by atoms with E-state index in [9.17, 15) is 14.4 Å². The number of aryl methyl sites for hydroxylation is 2. The molecular formula is C19H17N3O3S. The smallest absolute Gasteiger partial charge is 0.294 e. The fourth-order valence-corrected chi connectivity index (χ4v) is 3.26. The molecular weight excluding hydrogens is 350 g/mol. The molecule has 1 aromatic carbocycles. The Bertz CT molecular complexity index is 910. The second-order valence-corrected chi connectivity index (χ2v) is 6.88. The molecule has 132 valence electrons. The van der Waals surface area contributed by atoms with Crippen molar-refractivity contribution in [2.45, 2.75) is 13.8 Å². The largest absolute Gasteiger partial charge is 0.324 e. The van der Waals surface area contributed by atoms with Crippen molar-refractivity contribution in [2.75, 3.05) is 11.9 Å². The SMILES string of the molecule is Cc1ccc(C)c(NC(=O)CN2C(=O)S/C(=C\c3ccccn3)C2=O)c1. The van der Waals surface area contributed by atoms with Gasteiger partial charge >= 0.3 is 0 Å². The summed E-state index contributed by atoms with van der Waals surface area (Å²) >= 11 is 0.809.